The third-order valence-corrected chi connectivity index (χ3v) is 3.57. The molecule has 0 atom stereocenters. The van der Waals surface area contributed by atoms with E-state index in [-0.39, 0.29) is 0 Å². The minimum atomic E-state index is 0.762. The lowest BCUT2D eigenvalue weighted by atomic mass is 10.0. The maximum Gasteiger partial charge on any atom is 0.0628 e. The smallest absolute Gasteiger partial charge is 0.0628 e. The van der Waals surface area contributed by atoms with Crippen molar-refractivity contribution in [1.29, 1.82) is 0 Å². The summed E-state index contributed by atoms with van der Waals surface area (Å²) >= 11 is 0. The predicted molar refractivity (Wildman–Crippen MR) is 66.5 cm³/mol. The van der Waals surface area contributed by atoms with E-state index in [4.69, 9.17) is 5.73 Å². The van der Waals surface area contributed by atoms with Gasteiger partial charge < -0.3 is 5.73 Å². The first-order valence-corrected chi connectivity index (χ1v) is 6.61. The first-order chi connectivity index (χ1) is 7.85. The minimum Gasteiger partial charge on any atom is -0.330 e. The Bertz CT molecular complexity index is 324. The third-order valence-electron chi connectivity index (χ3n) is 3.57. The molecule has 0 saturated heterocycles. The summed E-state index contributed by atoms with van der Waals surface area (Å²) in [6.07, 6.45) is 7.55. The van der Waals surface area contributed by atoms with Gasteiger partial charge in [-0.3, -0.25) is 4.68 Å². The van der Waals surface area contributed by atoms with Gasteiger partial charge in [-0.2, -0.15) is 5.10 Å². The number of aryl methyl sites for hydroxylation is 2. The van der Waals surface area contributed by atoms with Crippen molar-refractivity contribution in [2.45, 2.75) is 57.9 Å². The van der Waals surface area contributed by atoms with Gasteiger partial charge in [0.1, 0.15) is 0 Å². The van der Waals surface area contributed by atoms with Crippen molar-refractivity contribution >= 4 is 0 Å². The Hall–Kier alpha value is -0.830. The highest BCUT2D eigenvalue weighted by Gasteiger charge is 2.21. The highest BCUT2D eigenvalue weighted by molar-refractivity contribution is 5.16. The van der Waals surface area contributed by atoms with Crippen LogP contribution < -0.4 is 5.73 Å². The third kappa shape index (κ3) is 2.46. The molecule has 0 amide bonds. The van der Waals surface area contributed by atoms with Gasteiger partial charge in [-0.1, -0.05) is 12.8 Å². The number of hydrogen-bond donors (Lipinski definition) is 1. The van der Waals surface area contributed by atoms with Crippen LogP contribution in [0, 0.1) is 0 Å². The number of nitrogens with zero attached hydrogens (tertiary/aromatic N) is 2. The van der Waals surface area contributed by atoms with Crippen LogP contribution in [0.15, 0.2) is 6.07 Å². The summed E-state index contributed by atoms with van der Waals surface area (Å²) in [5.74, 6) is 0.763. The van der Waals surface area contributed by atoms with Crippen LogP contribution in [-0.4, -0.2) is 16.3 Å². The second-order valence-electron chi connectivity index (χ2n) is 4.75. The summed E-state index contributed by atoms with van der Waals surface area (Å²) in [6.45, 7) is 3.93. The molecule has 90 valence electrons. The molecule has 1 aliphatic carbocycles. The largest absolute Gasteiger partial charge is 0.330 e. The van der Waals surface area contributed by atoms with Crippen LogP contribution >= 0.6 is 0 Å². The average Bonchev–Trinajstić information content (AvgIpc) is 2.94. The SMILES string of the molecule is CCn1nc(CCCN)cc1C1CCCC1. The quantitative estimate of drug-likeness (QED) is 0.830. The lowest BCUT2D eigenvalue weighted by molar-refractivity contribution is 0.563. The Morgan fingerprint density at radius 2 is 2.19 bits per heavy atom. The maximum absolute atomic E-state index is 5.54. The molecule has 0 unspecified atom stereocenters. The van der Waals surface area contributed by atoms with Crippen molar-refractivity contribution in [3.63, 3.8) is 0 Å². The summed E-state index contributed by atoms with van der Waals surface area (Å²) < 4.78 is 2.20. The van der Waals surface area contributed by atoms with Crippen LogP contribution in [0.1, 0.15) is 56.3 Å². The van der Waals surface area contributed by atoms with Gasteiger partial charge in [0.05, 0.1) is 5.69 Å². The summed E-state index contributed by atoms with van der Waals surface area (Å²) in [4.78, 5) is 0. The Morgan fingerprint density at radius 1 is 1.44 bits per heavy atom. The van der Waals surface area contributed by atoms with Gasteiger partial charge in [0.2, 0.25) is 0 Å². The lowest BCUT2D eigenvalue weighted by Gasteiger charge is -2.10. The van der Waals surface area contributed by atoms with Crippen LogP contribution in [0.5, 0.6) is 0 Å². The van der Waals surface area contributed by atoms with Gasteiger partial charge in [-0.15, -0.1) is 0 Å². The molecule has 0 bridgehead atoms. The molecule has 1 aromatic heterocycles. The van der Waals surface area contributed by atoms with Crippen molar-refractivity contribution in [3.8, 4) is 0 Å². The Balaban J connectivity index is 2.12. The zero-order chi connectivity index (χ0) is 11.4. The summed E-state index contributed by atoms with van der Waals surface area (Å²) in [7, 11) is 0. The molecule has 16 heavy (non-hydrogen) atoms. The van der Waals surface area contributed by atoms with Gasteiger partial charge >= 0.3 is 0 Å². The number of nitrogens with two attached hydrogens (primary N) is 1. The number of aromatic nitrogens is 2. The van der Waals surface area contributed by atoms with Crippen LogP contribution in [-0.2, 0) is 13.0 Å². The highest BCUT2D eigenvalue weighted by atomic mass is 15.3. The van der Waals surface area contributed by atoms with E-state index in [0.717, 1.165) is 31.8 Å². The van der Waals surface area contributed by atoms with E-state index < -0.39 is 0 Å². The molecule has 0 aromatic carbocycles. The van der Waals surface area contributed by atoms with E-state index in [1.807, 2.05) is 0 Å². The number of hydrogen-bond acceptors (Lipinski definition) is 2. The molecule has 0 radical (unpaired) electrons. The molecule has 2 N–H and O–H groups in total. The van der Waals surface area contributed by atoms with Crippen molar-refractivity contribution in [3.05, 3.63) is 17.5 Å². The van der Waals surface area contributed by atoms with Crippen molar-refractivity contribution in [2.24, 2.45) is 5.73 Å². The standard InChI is InChI=1S/C13H23N3/c1-2-16-13(11-6-3-4-7-11)10-12(15-16)8-5-9-14/h10-11H,2-9,14H2,1H3. The van der Waals surface area contributed by atoms with Crippen molar-refractivity contribution < 1.29 is 0 Å². The first-order valence-electron chi connectivity index (χ1n) is 6.61. The van der Waals surface area contributed by atoms with E-state index in [9.17, 15) is 0 Å². The molecular weight excluding hydrogens is 198 g/mol. The van der Waals surface area contributed by atoms with E-state index in [0.29, 0.717) is 0 Å². The minimum absolute atomic E-state index is 0.762. The fourth-order valence-corrected chi connectivity index (χ4v) is 2.70. The molecule has 1 aliphatic rings. The van der Waals surface area contributed by atoms with Crippen LogP contribution in [0.25, 0.3) is 0 Å². The number of rotatable bonds is 5. The monoisotopic (exact) mass is 221 g/mol. The Labute approximate surface area is 98.0 Å². The molecule has 1 heterocycles. The van der Waals surface area contributed by atoms with Crippen molar-refractivity contribution in [1.82, 2.24) is 9.78 Å². The zero-order valence-electron chi connectivity index (χ0n) is 10.3. The molecule has 0 spiro atoms. The molecule has 3 heteroatoms. The maximum atomic E-state index is 5.54. The normalized spacial score (nSPS) is 17.1. The van der Waals surface area contributed by atoms with Gasteiger partial charge in [0.15, 0.2) is 0 Å². The topological polar surface area (TPSA) is 43.8 Å². The molecular formula is C13H23N3. The molecule has 1 fully saturated rings. The van der Waals surface area contributed by atoms with E-state index in [2.05, 4.69) is 22.8 Å². The Kier molecular flexibility index (Phi) is 3.99. The fourth-order valence-electron chi connectivity index (χ4n) is 2.70. The van der Waals surface area contributed by atoms with Gasteiger partial charge in [-0.25, -0.2) is 0 Å². The summed E-state index contributed by atoms with van der Waals surface area (Å²) in [5, 5.41) is 4.67. The van der Waals surface area contributed by atoms with Gasteiger partial charge in [0, 0.05) is 18.2 Å². The van der Waals surface area contributed by atoms with Crippen molar-refractivity contribution in [2.75, 3.05) is 6.54 Å². The molecule has 3 nitrogen and oxygen atoms in total. The second kappa shape index (κ2) is 5.48. The van der Waals surface area contributed by atoms with Crippen LogP contribution in [0.4, 0.5) is 0 Å². The summed E-state index contributed by atoms with van der Waals surface area (Å²) in [6, 6.07) is 2.31. The van der Waals surface area contributed by atoms with E-state index in [1.54, 1.807) is 0 Å². The van der Waals surface area contributed by atoms with Gasteiger partial charge in [-0.05, 0) is 45.2 Å². The highest BCUT2D eigenvalue weighted by Crippen LogP contribution is 2.34. The van der Waals surface area contributed by atoms with E-state index >= 15 is 0 Å². The van der Waals surface area contributed by atoms with E-state index in [1.165, 1.54) is 37.1 Å². The summed E-state index contributed by atoms with van der Waals surface area (Å²) in [5.41, 5.74) is 8.24. The first kappa shape index (κ1) is 11.6. The molecule has 0 aliphatic heterocycles. The van der Waals surface area contributed by atoms with Gasteiger partial charge in [0.25, 0.3) is 0 Å². The average molecular weight is 221 g/mol. The molecule has 2 rings (SSSR count). The van der Waals surface area contributed by atoms with Crippen LogP contribution in [0.3, 0.4) is 0 Å². The van der Waals surface area contributed by atoms with Crippen LogP contribution in [0.2, 0.25) is 0 Å². The second-order valence-corrected chi connectivity index (χ2v) is 4.75. The zero-order valence-corrected chi connectivity index (χ0v) is 10.3. The Morgan fingerprint density at radius 3 is 2.81 bits per heavy atom. The predicted octanol–water partition coefficient (Wildman–Crippen LogP) is 2.45. The fraction of sp³-hybridized carbons (Fsp3) is 0.769. The molecule has 1 aromatic rings. The lowest BCUT2D eigenvalue weighted by Crippen LogP contribution is -2.06. The molecule has 1 saturated carbocycles.